The lowest BCUT2D eigenvalue weighted by atomic mass is 10.1. The maximum atomic E-state index is 12.7. The fourth-order valence-electron chi connectivity index (χ4n) is 2.92. The molecule has 1 heterocycles. The summed E-state index contributed by atoms with van der Waals surface area (Å²) in [6, 6.07) is 11.0. The van der Waals surface area contributed by atoms with E-state index in [1.54, 1.807) is 42.5 Å². The van der Waals surface area contributed by atoms with Crippen molar-refractivity contribution in [2.45, 2.75) is 20.0 Å². The van der Waals surface area contributed by atoms with E-state index in [0.717, 1.165) is 4.90 Å². The van der Waals surface area contributed by atoms with Crippen LogP contribution in [0.5, 0.6) is 11.5 Å². The van der Waals surface area contributed by atoms with E-state index in [4.69, 9.17) is 21.1 Å². The second-order valence-electron chi connectivity index (χ2n) is 6.98. The first-order chi connectivity index (χ1) is 14.8. The highest BCUT2D eigenvalue weighted by Crippen LogP contribution is 2.33. The molecule has 2 aromatic rings. The fraction of sp³-hybridized carbons (Fsp3) is 0.227. The Morgan fingerprint density at radius 1 is 1.19 bits per heavy atom. The summed E-state index contributed by atoms with van der Waals surface area (Å²) in [6.45, 7) is 3.30. The van der Waals surface area contributed by atoms with Crippen molar-refractivity contribution in [3.63, 3.8) is 0 Å². The van der Waals surface area contributed by atoms with E-state index in [0.29, 0.717) is 27.8 Å². The van der Waals surface area contributed by atoms with E-state index >= 15 is 0 Å². The fourth-order valence-corrected chi connectivity index (χ4v) is 3.04. The molecule has 162 valence electrons. The quantitative estimate of drug-likeness (QED) is 0.502. The van der Waals surface area contributed by atoms with E-state index in [9.17, 15) is 14.4 Å². The zero-order chi connectivity index (χ0) is 22.5. The number of carbonyl (C=O) groups is 3. The Labute approximate surface area is 184 Å². The number of urea groups is 1. The van der Waals surface area contributed by atoms with Crippen molar-refractivity contribution in [2.75, 3.05) is 19.0 Å². The molecule has 2 N–H and O–H groups in total. The largest absolute Gasteiger partial charge is 0.493 e. The zero-order valence-electron chi connectivity index (χ0n) is 17.3. The van der Waals surface area contributed by atoms with Crippen LogP contribution in [0.1, 0.15) is 19.4 Å². The summed E-state index contributed by atoms with van der Waals surface area (Å²) in [5, 5.41) is 5.65. The second-order valence-corrected chi connectivity index (χ2v) is 7.42. The number of benzene rings is 2. The first kappa shape index (κ1) is 22.2. The first-order valence-electron chi connectivity index (χ1n) is 9.52. The van der Waals surface area contributed by atoms with Gasteiger partial charge < -0.3 is 20.1 Å². The van der Waals surface area contributed by atoms with Gasteiger partial charge in [-0.3, -0.25) is 9.59 Å². The highest BCUT2D eigenvalue weighted by Gasteiger charge is 2.35. The van der Waals surface area contributed by atoms with Crippen molar-refractivity contribution in [1.82, 2.24) is 10.2 Å². The average Bonchev–Trinajstić information content (AvgIpc) is 2.98. The summed E-state index contributed by atoms with van der Waals surface area (Å²) in [5.74, 6) is -0.181. The summed E-state index contributed by atoms with van der Waals surface area (Å²) < 4.78 is 11.2. The van der Waals surface area contributed by atoms with Gasteiger partial charge >= 0.3 is 6.03 Å². The molecule has 0 atom stereocenters. The maximum Gasteiger partial charge on any atom is 0.329 e. The van der Waals surface area contributed by atoms with E-state index in [-0.39, 0.29) is 11.8 Å². The molecule has 1 saturated heterocycles. The minimum Gasteiger partial charge on any atom is -0.493 e. The van der Waals surface area contributed by atoms with Crippen molar-refractivity contribution in [1.29, 1.82) is 0 Å². The lowest BCUT2D eigenvalue weighted by Gasteiger charge is -2.16. The molecule has 0 saturated carbocycles. The summed E-state index contributed by atoms with van der Waals surface area (Å²) in [6.07, 6.45) is 1.37. The second kappa shape index (κ2) is 9.53. The van der Waals surface area contributed by atoms with Crippen LogP contribution in [0.15, 0.2) is 48.2 Å². The molecule has 0 aromatic heterocycles. The zero-order valence-corrected chi connectivity index (χ0v) is 18.0. The third-order valence-electron chi connectivity index (χ3n) is 4.27. The molecular weight excluding hydrogens is 422 g/mol. The predicted octanol–water partition coefficient (Wildman–Crippen LogP) is 3.67. The van der Waals surface area contributed by atoms with Crippen LogP contribution in [0.25, 0.3) is 6.08 Å². The monoisotopic (exact) mass is 443 g/mol. The number of hydrogen-bond acceptors (Lipinski definition) is 5. The van der Waals surface area contributed by atoms with Crippen molar-refractivity contribution in [3.8, 4) is 11.5 Å². The molecule has 0 spiro atoms. The molecule has 1 fully saturated rings. The molecule has 0 radical (unpaired) electrons. The van der Waals surface area contributed by atoms with Crippen molar-refractivity contribution in [2.24, 2.45) is 0 Å². The number of methoxy groups -OCH3 is 1. The lowest BCUT2D eigenvalue weighted by molar-refractivity contribution is -0.127. The molecule has 1 aliphatic rings. The van der Waals surface area contributed by atoms with E-state index in [2.05, 4.69) is 10.6 Å². The number of ether oxygens (including phenoxy) is 2. The smallest absolute Gasteiger partial charge is 0.329 e. The first-order valence-corrected chi connectivity index (χ1v) is 9.90. The van der Waals surface area contributed by atoms with Gasteiger partial charge in [0.05, 0.1) is 13.2 Å². The lowest BCUT2D eigenvalue weighted by Crippen LogP contribution is -2.38. The van der Waals surface area contributed by atoms with Gasteiger partial charge in [-0.1, -0.05) is 23.7 Å². The Morgan fingerprint density at radius 3 is 2.55 bits per heavy atom. The molecular formula is C22H22ClN3O5. The molecule has 3 rings (SSSR count). The highest BCUT2D eigenvalue weighted by molar-refractivity contribution is 6.30. The Balaban J connectivity index is 1.77. The number of rotatable bonds is 7. The predicted molar refractivity (Wildman–Crippen MR) is 117 cm³/mol. The summed E-state index contributed by atoms with van der Waals surface area (Å²) in [5.41, 5.74) is 1.10. The molecule has 2 aromatic carbocycles. The topological polar surface area (TPSA) is 97.0 Å². The van der Waals surface area contributed by atoms with Gasteiger partial charge in [-0.15, -0.1) is 0 Å². The molecule has 0 bridgehead atoms. The van der Waals surface area contributed by atoms with E-state index in [1.165, 1.54) is 13.2 Å². The third-order valence-corrected chi connectivity index (χ3v) is 4.53. The molecule has 0 unspecified atom stereocenters. The normalized spacial score (nSPS) is 14.7. The minimum absolute atomic E-state index is 0.0335. The Bertz CT molecular complexity index is 1030. The van der Waals surface area contributed by atoms with Crippen molar-refractivity contribution in [3.05, 3.63) is 58.7 Å². The van der Waals surface area contributed by atoms with Gasteiger partial charge in [0.2, 0.25) is 5.91 Å². The standard InChI is InChI=1S/C22H22ClN3O5/c1-13(2)31-20-14(5-4-6-18(20)30-3)11-17-21(28)26(22(29)25-17)12-19(27)24-16-9-7-15(23)8-10-16/h4-11,13H,12H2,1-3H3,(H,24,27)(H,25,29)/b17-11-. The summed E-state index contributed by atoms with van der Waals surface area (Å²) >= 11 is 5.82. The van der Waals surface area contributed by atoms with Crippen LogP contribution in [-0.4, -0.2) is 42.5 Å². The van der Waals surface area contributed by atoms with Gasteiger partial charge in [0.1, 0.15) is 12.2 Å². The number of nitrogens with one attached hydrogen (secondary N) is 2. The van der Waals surface area contributed by atoms with Gasteiger partial charge in [-0.2, -0.15) is 0 Å². The van der Waals surface area contributed by atoms with E-state index in [1.807, 2.05) is 13.8 Å². The number of hydrogen-bond donors (Lipinski definition) is 2. The van der Waals surface area contributed by atoms with Crippen LogP contribution >= 0.6 is 11.6 Å². The number of imide groups is 1. The number of carbonyl (C=O) groups excluding carboxylic acids is 3. The number of halogens is 1. The van der Waals surface area contributed by atoms with Crippen LogP contribution in [0.4, 0.5) is 10.5 Å². The summed E-state index contributed by atoms with van der Waals surface area (Å²) in [4.78, 5) is 38.2. The molecule has 8 nitrogen and oxygen atoms in total. The van der Waals surface area contributed by atoms with Crippen molar-refractivity contribution >= 4 is 41.2 Å². The van der Waals surface area contributed by atoms with Crippen LogP contribution in [-0.2, 0) is 9.59 Å². The Kier molecular flexibility index (Phi) is 6.81. The molecule has 1 aliphatic heterocycles. The van der Waals surface area contributed by atoms with Gasteiger partial charge in [0.15, 0.2) is 11.5 Å². The highest BCUT2D eigenvalue weighted by atomic mass is 35.5. The number of amides is 4. The maximum absolute atomic E-state index is 12.7. The third kappa shape index (κ3) is 5.35. The summed E-state index contributed by atoms with van der Waals surface area (Å²) in [7, 11) is 1.52. The molecule has 4 amide bonds. The van der Waals surface area contributed by atoms with E-state index < -0.39 is 24.4 Å². The number of anilines is 1. The van der Waals surface area contributed by atoms with Gasteiger partial charge in [-0.25, -0.2) is 9.69 Å². The number of para-hydroxylation sites is 1. The Hall–Kier alpha value is -3.52. The van der Waals surface area contributed by atoms with Crippen molar-refractivity contribution < 1.29 is 23.9 Å². The Morgan fingerprint density at radius 2 is 1.90 bits per heavy atom. The van der Waals surface area contributed by atoms with Crippen LogP contribution < -0.4 is 20.1 Å². The number of nitrogens with zero attached hydrogens (tertiary/aromatic N) is 1. The molecule has 31 heavy (non-hydrogen) atoms. The van der Waals surface area contributed by atoms with Crippen LogP contribution in [0, 0.1) is 0 Å². The molecule has 9 heteroatoms. The van der Waals surface area contributed by atoms with Crippen LogP contribution in [0.3, 0.4) is 0 Å². The average molecular weight is 444 g/mol. The van der Waals surface area contributed by atoms with Crippen LogP contribution in [0.2, 0.25) is 5.02 Å². The molecule has 0 aliphatic carbocycles. The van der Waals surface area contributed by atoms with Gasteiger partial charge in [0, 0.05) is 16.3 Å². The van der Waals surface area contributed by atoms with Gasteiger partial charge in [0.25, 0.3) is 5.91 Å². The van der Waals surface area contributed by atoms with Gasteiger partial charge in [-0.05, 0) is 50.3 Å². The SMILES string of the molecule is COc1cccc(/C=C2\NC(=O)N(CC(=O)Nc3ccc(Cl)cc3)C2=O)c1OC(C)C. The minimum atomic E-state index is -0.684.